The van der Waals surface area contributed by atoms with Crippen molar-refractivity contribution >= 4 is 22.8 Å². The number of benzene rings is 2. The molecule has 3 rings (SSSR count). The molecule has 6 nitrogen and oxygen atoms in total. The number of ether oxygens (including phenoxy) is 1. The van der Waals surface area contributed by atoms with Gasteiger partial charge < -0.3 is 15.6 Å². The molecule has 3 N–H and O–H groups in total. The third-order valence-electron chi connectivity index (χ3n) is 4.20. The number of aryl methyl sites for hydroxylation is 1. The molecule has 2 aromatic carbocycles. The summed E-state index contributed by atoms with van der Waals surface area (Å²) in [5, 5.41) is 10.7. The van der Waals surface area contributed by atoms with Crippen LogP contribution in [0.15, 0.2) is 42.6 Å². The minimum absolute atomic E-state index is 0.108. The fraction of sp³-hybridized carbons (Fsp3) is 0.150. The van der Waals surface area contributed by atoms with Crippen LogP contribution in [0.1, 0.15) is 37.4 Å². The second-order valence-corrected chi connectivity index (χ2v) is 6.08. The van der Waals surface area contributed by atoms with Gasteiger partial charge in [0.1, 0.15) is 11.1 Å². The van der Waals surface area contributed by atoms with Gasteiger partial charge in [-0.15, -0.1) is 0 Å². The predicted octanol–water partition coefficient (Wildman–Crippen LogP) is 2.73. The van der Waals surface area contributed by atoms with Gasteiger partial charge in [-0.2, -0.15) is 0 Å². The van der Waals surface area contributed by atoms with Gasteiger partial charge in [-0.3, -0.25) is 9.78 Å². The molecule has 0 aliphatic rings. The summed E-state index contributed by atoms with van der Waals surface area (Å²) in [6.07, 6.45) is 2.22. The van der Waals surface area contributed by atoms with E-state index >= 15 is 0 Å². The average molecular weight is 350 g/mol. The third-order valence-corrected chi connectivity index (χ3v) is 4.20. The molecule has 1 amide bonds. The summed E-state index contributed by atoms with van der Waals surface area (Å²) in [4.78, 5) is 27.9. The lowest BCUT2D eigenvalue weighted by Crippen LogP contribution is -2.14. The summed E-state index contributed by atoms with van der Waals surface area (Å²) >= 11 is 0. The summed E-state index contributed by atoms with van der Waals surface area (Å²) < 4.78 is 4.63. The van der Waals surface area contributed by atoms with Crippen LogP contribution in [-0.2, 0) is 11.2 Å². The molecule has 0 spiro atoms. The highest BCUT2D eigenvalue weighted by molar-refractivity contribution is 6.11. The maximum atomic E-state index is 11.9. The number of aromatic hydroxyl groups is 1. The van der Waals surface area contributed by atoms with Crippen molar-refractivity contribution in [1.82, 2.24) is 4.98 Å². The molecule has 132 valence electrons. The molecule has 0 atom stereocenters. The summed E-state index contributed by atoms with van der Waals surface area (Å²) in [5.41, 5.74) is 8.67. The number of hydrogen-bond donors (Lipinski definition) is 2. The summed E-state index contributed by atoms with van der Waals surface area (Å²) in [5.74, 6) is -1.81. The molecule has 0 saturated carbocycles. The number of nitrogens with zero attached hydrogens (tertiary/aromatic N) is 1. The second-order valence-electron chi connectivity index (χ2n) is 6.08. The molecular weight excluding hydrogens is 332 g/mol. The fourth-order valence-corrected chi connectivity index (χ4v) is 2.83. The van der Waals surface area contributed by atoms with Crippen LogP contribution in [0, 0.1) is 6.92 Å². The molecule has 6 heteroatoms. The van der Waals surface area contributed by atoms with E-state index in [1.165, 1.54) is 18.7 Å². The van der Waals surface area contributed by atoms with Gasteiger partial charge in [0, 0.05) is 17.1 Å². The number of phenols is 1. The van der Waals surface area contributed by atoms with Crippen LogP contribution in [-0.4, -0.2) is 29.1 Å². The highest BCUT2D eigenvalue weighted by Gasteiger charge is 2.21. The van der Waals surface area contributed by atoms with Crippen LogP contribution >= 0.6 is 0 Å². The number of primary amides is 1. The number of esters is 1. The SMILES string of the molecule is COC(=O)c1cc(C(N)=O)c2cc(Cc3ccc(C)cc3)cnc2c1O. The van der Waals surface area contributed by atoms with Crippen molar-refractivity contribution < 1.29 is 19.4 Å². The zero-order valence-corrected chi connectivity index (χ0v) is 14.4. The molecule has 0 bridgehead atoms. The van der Waals surface area contributed by atoms with Gasteiger partial charge in [0.05, 0.1) is 7.11 Å². The first-order chi connectivity index (χ1) is 12.4. The Bertz CT molecular complexity index is 1010. The Kier molecular flexibility index (Phi) is 4.58. The van der Waals surface area contributed by atoms with E-state index in [4.69, 9.17) is 5.73 Å². The Labute approximate surface area is 150 Å². The van der Waals surface area contributed by atoms with Crippen molar-refractivity contribution in [2.24, 2.45) is 5.73 Å². The van der Waals surface area contributed by atoms with Gasteiger partial charge >= 0.3 is 5.97 Å². The molecule has 0 radical (unpaired) electrons. The minimum atomic E-state index is -0.766. The van der Waals surface area contributed by atoms with Crippen LogP contribution in [0.5, 0.6) is 5.75 Å². The van der Waals surface area contributed by atoms with Crippen LogP contribution < -0.4 is 5.73 Å². The maximum Gasteiger partial charge on any atom is 0.341 e. The third kappa shape index (κ3) is 3.21. The molecule has 3 aromatic rings. The monoisotopic (exact) mass is 350 g/mol. The number of methoxy groups -OCH3 is 1. The molecule has 0 aliphatic heterocycles. The number of carbonyl (C=O) groups is 2. The first-order valence-corrected chi connectivity index (χ1v) is 7.99. The van der Waals surface area contributed by atoms with E-state index in [2.05, 4.69) is 9.72 Å². The van der Waals surface area contributed by atoms with E-state index in [1.54, 1.807) is 12.3 Å². The van der Waals surface area contributed by atoms with Crippen molar-refractivity contribution in [3.8, 4) is 5.75 Å². The first-order valence-electron chi connectivity index (χ1n) is 7.99. The molecule has 1 heterocycles. The van der Waals surface area contributed by atoms with Crippen LogP contribution in [0.4, 0.5) is 0 Å². The Morgan fingerprint density at radius 3 is 2.42 bits per heavy atom. The summed E-state index contributed by atoms with van der Waals surface area (Å²) in [6.45, 7) is 2.02. The first kappa shape index (κ1) is 17.4. The number of aromatic nitrogens is 1. The van der Waals surface area contributed by atoms with Crippen LogP contribution in [0.2, 0.25) is 0 Å². The predicted molar refractivity (Wildman–Crippen MR) is 97.3 cm³/mol. The Morgan fingerprint density at radius 1 is 1.12 bits per heavy atom. The van der Waals surface area contributed by atoms with Gasteiger partial charge in [0.15, 0.2) is 5.75 Å². The average Bonchev–Trinajstić information content (AvgIpc) is 2.63. The van der Waals surface area contributed by atoms with Crippen molar-refractivity contribution in [3.05, 3.63) is 70.4 Å². The van der Waals surface area contributed by atoms with Gasteiger partial charge in [-0.05, 0) is 36.6 Å². The number of nitrogens with two attached hydrogens (primary N) is 1. The number of carbonyl (C=O) groups excluding carboxylic acids is 2. The Hall–Kier alpha value is -3.41. The molecule has 0 saturated heterocycles. The van der Waals surface area contributed by atoms with E-state index in [0.717, 1.165) is 11.1 Å². The Balaban J connectivity index is 2.13. The van der Waals surface area contributed by atoms with Gasteiger partial charge in [-0.25, -0.2) is 4.79 Å². The van der Waals surface area contributed by atoms with Gasteiger partial charge in [0.2, 0.25) is 5.91 Å². The highest BCUT2D eigenvalue weighted by atomic mass is 16.5. The van der Waals surface area contributed by atoms with Crippen molar-refractivity contribution in [2.75, 3.05) is 7.11 Å². The molecule has 0 fully saturated rings. The van der Waals surface area contributed by atoms with E-state index in [1.807, 2.05) is 31.2 Å². The standard InChI is InChI=1S/C20H18N2O4/c1-11-3-5-12(6-4-11)7-13-8-14-15(19(21)24)9-16(20(25)26-2)18(23)17(14)22-10-13/h3-6,8-10,23H,7H2,1-2H3,(H2,21,24). The summed E-state index contributed by atoms with van der Waals surface area (Å²) in [6, 6.07) is 11.1. The highest BCUT2D eigenvalue weighted by Crippen LogP contribution is 2.31. The topological polar surface area (TPSA) is 103 Å². The molecule has 1 aromatic heterocycles. The molecule has 0 unspecified atom stereocenters. The van der Waals surface area contributed by atoms with E-state index < -0.39 is 11.9 Å². The molecule has 26 heavy (non-hydrogen) atoms. The van der Waals surface area contributed by atoms with E-state index in [9.17, 15) is 14.7 Å². The lowest BCUT2D eigenvalue weighted by atomic mass is 9.98. The van der Waals surface area contributed by atoms with Crippen molar-refractivity contribution in [2.45, 2.75) is 13.3 Å². The van der Waals surface area contributed by atoms with Gasteiger partial charge in [0.25, 0.3) is 0 Å². The lowest BCUT2D eigenvalue weighted by molar-refractivity contribution is 0.0597. The fourth-order valence-electron chi connectivity index (χ4n) is 2.83. The number of amides is 1. The normalized spacial score (nSPS) is 10.7. The zero-order chi connectivity index (χ0) is 18.8. The van der Waals surface area contributed by atoms with Crippen LogP contribution in [0.25, 0.3) is 10.9 Å². The smallest absolute Gasteiger partial charge is 0.341 e. The van der Waals surface area contributed by atoms with Crippen molar-refractivity contribution in [1.29, 1.82) is 0 Å². The number of rotatable bonds is 4. The molecular formula is C20H18N2O4. The van der Waals surface area contributed by atoms with Crippen LogP contribution in [0.3, 0.4) is 0 Å². The number of phenolic OH excluding ortho intramolecular Hbond substituents is 1. The van der Waals surface area contributed by atoms with E-state index in [-0.39, 0.29) is 22.4 Å². The number of pyridine rings is 1. The van der Waals surface area contributed by atoms with Gasteiger partial charge in [-0.1, -0.05) is 29.8 Å². The molecule has 0 aliphatic carbocycles. The number of fused-ring (bicyclic) bond motifs is 1. The lowest BCUT2D eigenvalue weighted by Gasteiger charge is -2.11. The van der Waals surface area contributed by atoms with Crippen molar-refractivity contribution in [3.63, 3.8) is 0 Å². The zero-order valence-electron chi connectivity index (χ0n) is 14.4. The Morgan fingerprint density at radius 2 is 1.81 bits per heavy atom. The maximum absolute atomic E-state index is 11.9. The minimum Gasteiger partial charge on any atom is -0.505 e. The summed E-state index contributed by atoms with van der Waals surface area (Å²) in [7, 11) is 1.19. The van der Waals surface area contributed by atoms with E-state index in [0.29, 0.717) is 11.8 Å². The quantitative estimate of drug-likeness (QED) is 0.704. The second kappa shape index (κ2) is 6.84. The largest absolute Gasteiger partial charge is 0.505 e. The number of hydrogen-bond acceptors (Lipinski definition) is 5.